The number of methoxy groups -OCH3 is 1. The number of nitrogens with one attached hydrogen (secondary N) is 2. The summed E-state index contributed by atoms with van der Waals surface area (Å²) in [5.74, 6) is -1.51. The molecule has 2 aromatic rings. The van der Waals surface area contributed by atoms with Gasteiger partial charge >= 0.3 is 5.97 Å². The summed E-state index contributed by atoms with van der Waals surface area (Å²) in [6.07, 6.45) is -0.358. The zero-order chi connectivity index (χ0) is 18.4. The molecular weight excluding hydrogens is 320 g/mol. The Morgan fingerprint density at radius 3 is 2.20 bits per heavy atom. The summed E-state index contributed by atoms with van der Waals surface area (Å²) in [7, 11) is 1.26. The maximum Gasteiger partial charge on any atom is 0.339 e. The van der Waals surface area contributed by atoms with Crippen LogP contribution in [0.5, 0.6) is 0 Å². The Bertz CT molecular complexity index is 815. The fourth-order valence-electron chi connectivity index (χ4n) is 2.37. The van der Waals surface area contributed by atoms with Crippen molar-refractivity contribution in [2.75, 3.05) is 17.7 Å². The molecule has 25 heavy (non-hydrogen) atoms. The van der Waals surface area contributed by atoms with E-state index in [-0.39, 0.29) is 12.0 Å². The zero-order valence-electron chi connectivity index (χ0n) is 14.4. The van der Waals surface area contributed by atoms with Gasteiger partial charge in [0, 0.05) is 5.69 Å². The third kappa shape index (κ3) is 4.91. The van der Waals surface area contributed by atoms with Crippen LogP contribution in [0, 0.1) is 13.8 Å². The van der Waals surface area contributed by atoms with E-state index >= 15 is 0 Å². The lowest BCUT2D eigenvalue weighted by Gasteiger charge is -2.11. The maximum atomic E-state index is 12.1. The van der Waals surface area contributed by atoms with Gasteiger partial charge in [-0.1, -0.05) is 29.8 Å². The molecule has 0 atom stereocenters. The molecule has 0 aromatic heterocycles. The van der Waals surface area contributed by atoms with Crippen LogP contribution in [0.2, 0.25) is 0 Å². The summed E-state index contributed by atoms with van der Waals surface area (Å²) in [6.45, 7) is 3.85. The number of esters is 1. The Labute approximate surface area is 146 Å². The van der Waals surface area contributed by atoms with E-state index < -0.39 is 17.8 Å². The van der Waals surface area contributed by atoms with E-state index in [1.165, 1.54) is 13.2 Å². The number of carbonyl (C=O) groups is 3. The maximum absolute atomic E-state index is 12.1. The number of ether oxygens (including phenoxy) is 1. The number of aryl methyl sites for hydroxylation is 2. The van der Waals surface area contributed by atoms with Crippen LogP contribution in [0.1, 0.15) is 27.9 Å². The fraction of sp³-hybridized carbons (Fsp3) is 0.211. The van der Waals surface area contributed by atoms with Crippen molar-refractivity contribution in [2.24, 2.45) is 0 Å². The molecule has 0 aliphatic rings. The van der Waals surface area contributed by atoms with E-state index in [2.05, 4.69) is 15.4 Å². The van der Waals surface area contributed by atoms with Gasteiger partial charge in [0.05, 0.1) is 18.4 Å². The summed E-state index contributed by atoms with van der Waals surface area (Å²) in [5, 5.41) is 5.28. The lowest BCUT2D eigenvalue weighted by Crippen LogP contribution is -2.22. The molecule has 2 rings (SSSR count). The first-order chi connectivity index (χ1) is 11.9. The largest absolute Gasteiger partial charge is 0.465 e. The lowest BCUT2D eigenvalue weighted by atomic mass is 10.1. The quantitative estimate of drug-likeness (QED) is 0.647. The van der Waals surface area contributed by atoms with Gasteiger partial charge in [0.1, 0.15) is 6.42 Å². The molecule has 0 aliphatic carbocycles. The molecule has 2 aromatic carbocycles. The zero-order valence-corrected chi connectivity index (χ0v) is 14.4. The van der Waals surface area contributed by atoms with Crippen molar-refractivity contribution in [3.63, 3.8) is 0 Å². The first kappa shape index (κ1) is 18.2. The molecule has 0 bridgehead atoms. The van der Waals surface area contributed by atoms with Gasteiger partial charge in [0.2, 0.25) is 11.8 Å². The summed E-state index contributed by atoms with van der Waals surface area (Å²) < 4.78 is 4.67. The van der Waals surface area contributed by atoms with Crippen LogP contribution in [0.3, 0.4) is 0 Å². The Hall–Kier alpha value is -3.15. The average Bonchev–Trinajstić information content (AvgIpc) is 2.57. The first-order valence-corrected chi connectivity index (χ1v) is 7.75. The first-order valence-electron chi connectivity index (χ1n) is 7.75. The molecule has 0 unspecified atom stereocenters. The van der Waals surface area contributed by atoms with Crippen LogP contribution in [-0.2, 0) is 14.3 Å². The normalized spacial score (nSPS) is 10.0. The molecule has 6 heteroatoms. The van der Waals surface area contributed by atoms with Gasteiger partial charge in [-0.3, -0.25) is 9.59 Å². The highest BCUT2D eigenvalue weighted by atomic mass is 16.5. The van der Waals surface area contributed by atoms with Crippen LogP contribution >= 0.6 is 0 Å². The van der Waals surface area contributed by atoms with Crippen molar-refractivity contribution >= 4 is 29.2 Å². The van der Waals surface area contributed by atoms with E-state index in [4.69, 9.17) is 0 Å². The van der Waals surface area contributed by atoms with E-state index in [9.17, 15) is 14.4 Å². The molecule has 0 radical (unpaired) electrons. The number of carbonyl (C=O) groups excluding carboxylic acids is 3. The van der Waals surface area contributed by atoms with Gasteiger partial charge in [-0.05, 0) is 37.6 Å². The Morgan fingerprint density at radius 1 is 0.920 bits per heavy atom. The average molecular weight is 340 g/mol. The topological polar surface area (TPSA) is 84.5 Å². The summed E-state index contributed by atoms with van der Waals surface area (Å²) >= 11 is 0. The number of benzene rings is 2. The van der Waals surface area contributed by atoms with E-state index in [0.717, 1.165) is 11.1 Å². The molecule has 2 N–H and O–H groups in total. The molecule has 0 fully saturated rings. The summed E-state index contributed by atoms with van der Waals surface area (Å²) in [5.41, 5.74) is 3.21. The minimum atomic E-state index is -0.560. The number of rotatable bonds is 5. The number of hydrogen-bond acceptors (Lipinski definition) is 4. The second kappa shape index (κ2) is 8.10. The van der Waals surface area contributed by atoms with Crippen molar-refractivity contribution < 1.29 is 19.1 Å². The lowest BCUT2D eigenvalue weighted by molar-refractivity contribution is -0.123. The Kier molecular flexibility index (Phi) is 5.89. The Balaban J connectivity index is 2.01. The van der Waals surface area contributed by atoms with Crippen LogP contribution in [0.25, 0.3) is 0 Å². The third-order valence-electron chi connectivity index (χ3n) is 3.58. The van der Waals surface area contributed by atoms with Crippen molar-refractivity contribution in [3.8, 4) is 0 Å². The minimum Gasteiger partial charge on any atom is -0.465 e. The molecule has 0 aliphatic heterocycles. The SMILES string of the molecule is COC(=O)c1ccccc1NC(=O)CC(=O)Nc1ccc(C)cc1C. The molecule has 0 saturated heterocycles. The van der Waals surface area contributed by atoms with Gasteiger partial charge in [-0.15, -0.1) is 0 Å². The van der Waals surface area contributed by atoms with Crippen molar-refractivity contribution in [2.45, 2.75) is 20.3 Å². The van der Waals surface area contributed by atoms with Crippen molar-refractivity contribution in [3.05, 3.63) is 59.2 Å². The van der Waals surface area contributed by atoms with Gasteiger partial charge < -0.3 is 15.4 Å². The fourth-order valence-corrected chi connectivity index (χ4v) is 2.37. The van der Waals surface area contributed by atoms with E-state index in [1.807, 2.05) is 26.0 Å². The van der Waals surface area contributed by atoms with Crippen LogP contribution in [0.4, 0.5) is 11.4 Å². The van der Waals surface area contributed by atoms with Crippen LogP contribution in [-0.4, -0.2) is 24.9 Å². The van der Waals surface area contributed by atoms with E-state index in [0.29, 0.717) is 11.4 Å². The standard InChI is InChI=1S/C19H20N2O4/c1-12-8-9-15(13(2)10-12)20-17(22)11-18(23)21-16-7-5-4-6-14(16)19(24)25-3/h4-10H,11H2,1-3H3,(H,20,22)(H,21,23). The van der Waals surface area contributed by atoms with Crippen molar-refractivity contribution in [1.82, 2.24) is 0 Å². The number of para-hydroxylation sites is 1. The summed E-state index contributed by atoms with van der Waals surface area (Å²) in [6, 6.07) is 12.1. The molecule has 130 valence electrons. The predicted octanol–water partition coefficient (Wildman–Crippen LogP) is 3.06. The van der Waals surface area contributed by atoms with Gasteiger partial charge in [0.25, 0.3) is 0 Å². The minimum absolute atomic E-state index is 0.230. The van der Waals surface area contributed by atoms with E-state index in [1.54, 1.807) is 24.3 Å². The monoisotopic (exact) mass is 340 g/mol. The highest BCUT2D eigenvalue weighted by Crippen LogP contribution is 2.18. The second-order valence-electron chi connectivity index (χ2n) is 5.63. The molecular formula is C19H20N2O4. The Morgan fingerprint density at radius 2 is 1.56 bits per heavy atom. The van der Waals surface area contributed by atoms with Gasteiger partial charge in [-0.25, -0.2) is 4.79 Å². The second-order valence-corrected chi connectivity index (χ2v) is 5.63. The molecule has 0 spiro atoms. The molecule has 0 heterocycles. The smallest absolute Gasteiger partial charge is 0.339 e. The summed E-state index contributed by atoms with van der Waals surface area (Å²) in [4.78, 5) is 35.8. The van der Waals surface area contributed by atoms with Gasteiger partial charge in [-0.2, -0.15) is 0 Å². The predicted molar refractivity (Wildman–Crippen MR) is 95.6 cm³/mol. The van der Waals surface area contributed by atoms with Crippen LogP contribution in [0.15, 0.2) is 42.5 Å². The molecule has 6 nitrogen and oxygen atoms in total. The van der Waals surface area contributed by atoms with Crippen molar-refractivity contribution in [1.29, 1.82) is 0 Å². The third-order valence-corrected chi connectivity index (χ3v) is 3.58. The number of anilines is 2. The van der Waals surface area contributed by atoms with Gasteiger partial charge in [0.15, 0.2) is 0 Å². The number of amides is 2. The van der Waals surface area contributed by atoms with Crippen LogP contribution < -0.4 is 10.6 Å². The highest BCUT2D eigenvalue weighted by Gasteiger charge is 2.15. The highest BCUT2D eigenvalue weighted by molar-refractivity contribution is 6.10. The molecule has 2 amide bonds. The number of hydrogen-bond donors (Lipinski definition) is 2. The molecule has 0 saturated carbocycles.